The molecule has 2 aliphatic rings. The van der Waals surface area contributed by atoms with Gasteiger partial charge in [0.1, 0.15) is 12.1 Å². The van der Waals surface area contributed by atoms with Crippen LogP contribution in [-0.4, -0.2) is 48.7 Å². The average Bonchev–Trinajstić information content (AvgIpc) is 3.33. The van der Waals surface area contributed by atoms with Gasteiger partial charge in [-0.25, -0.2) is 9.97 Å². The molecule has 2 aliphatic heterocycles. The molecule has 30 heavy (non-hydrogen) atoms. The normalized spacial score (nSPS) is 17.2. The van der Waals surface area contributed by atoms with Gasteiger partial charge in [0.15, 0.2) is 5.82 Å². The molecule has 160 valence electrons. The molecule has 2 saturated heterocycles. The molecule has 1 amide bonds. The van der Waals surface area contributed by atoms with Gasteiger partial charge in [0, 0.05) is 38.6 Å². The zero-order valence-corrected chi connectivity index (χ0v) is 17.7. The molecule has 0 unspecified atom stereocenters. The van der Waals surface area contributed by atoms with Crippen molar-refractivity contribution in [3.8, 4) is 5.75 Å². The summed E-state index contributed by atoms with van der Waals surface area (Å²) in [5.41, 5.74) is 2.16. The molecular weight excluding hydrogens is 378 g/mol. The van der Waals surface area contributed by atoms with Crippen LogP contribution in [0.15, 0.2) is 36.8 Å². The summed E-state index contributed by atoms with van der Waals surface area (Å²) >= 11 is 0. The Labute approximate surface area is 178 Å². The Morgan fingerprint density at radius 1 is 1.17 bits per heavy atom. The number of piperidine rings is 1. The smallest absolute Gasteiger partial charge is 0.223 e. The topological polar surface area (TPSA) is 70.6 Å². The number of rotatable bonds is 7. The van der Waals surface area contributed by atoms with Crippen LogP contribution < -0.4 is 19.9 Å². The standard InChI is InChI=1S/C23H31N5O2/c1-2-30-20-7-5-6-18(14-20)15-25-23(29)19-8-12-27(13-9-19)21-16-24-17-26-22(21)28-10-3-4-11-28/h5-7,14,16-17,19H,2-4,8-13,15H2,1H3,(H,25,29). The fraction of sp³-hybridized carbons (Fsp3) is 0.522. The molecule has 7 heteroatoms. The molecule has 0 saturated carbocycles. The fourth-order valence-corrected chi connectivity index (χ4v) is 4.34. The molecule has 3 heterocycles. The minimum atomic E-state index is 0.0520. The number of hydrogen-bond donors (Lipinski definition) is 1. The number of anilines is 2. The highest BCUT2D eigenvalue weighted by Gasteiger charge is 2.28. The second-order valence-corrected chi connectivity index (χ2v) is 7.99. The number of ether oxygens (including phenoxy) is 1. The molecule has 0 aliphatic carbocycles. The first-order valence-electron chi connectivity index (χ1n) is 11.0. The van der Waals surface area contributed by atoms with Crippen molar-refractivity contribution in [3.05, 3.63) is 42.4 Å². The second-order valence-electron chi connectivity index (χ2n) is 7.99. The summed E-state index contributed by atoms with van der Waals surface area (Å²) < 4.78 is 5.54. The zero-order chi connectivity index (χ0) is 20.8. The molecule has 0 atom stereocenters. The molecule has 2 aromatic rings. The number of amides is 1. The summed E-state index contributed by atoms with van der Waals surface area (Å²) in [6.45, 7) is 6.97. The van der Waals surface area contributed by atoms with Crippen LogP contribution in [0.3, 0.4) is 0 Å². The molecular formula is C23H31N5O2. The quantitative estimate of drug-likeness (QED) is 0.758. The Balaban J connectivity index is 1.30. The monoisotopic (exact) mass is 409 g/mol. The van der Waals surface area contributed by atoms with Crippen LogP contribution in [0.25, 0.3) is 0 Å². The van der Waals surface area contributed by atoms with E-state index in [0.717, 1.165) is 61.8 Å². The third-order valence-electron chi connectivity index (χ3n) is 5.96. The van der Waals surface area contributed by atoms with Crippen molar-refractivity contribution >= 4 is 17.4 Å². The number of carbonyl (C=O) groups excluding carboxylic acids is 1. The van der Waals surface area contributed by atoms with E-state index in [2.05, 4.69) is 25.1 Å². The first-order valence-corrected chi connectivity index (χ1v) is 11.0. The molecule has 0 bridgehead atoms. The molecule has 1 aromatic heterocycles. The van der Waals surface area contributed by atoms with Crippen LogP contribution in [0.4, 0.5) is 11.5 Å². The van der Waals surface area contributed by atoms with Crippen LogP contribution >= 0.6 is 0 Å². The minimum Gasteiger partial charge on any atom is -0.494 e. The lowest BCUT2D eigenvalue weighted by Gasteiger charge is -2.34. The SMILES string of the molecule is CCOc1cccc(CNC(=O)C2CCN(c3cncnc3N3CCCC3)CC2)c1. The fourth-order valence-electron chi connectivity index (χ4n) is 4.34. The predicted octanol–water partition coefficient (Wildman–Crippen LogP) is 3.01. The van der Waals surface area contributed by atoms with Gasteiger partial charge in [0.2, 0.25) is 5.91 Å². The van der Waals surface area contributed by atoms with Crippen LogP contribution in [0, 0.1) is 5.92 Å². The van der Waals surface area contributed by atoms with Crippen molar-refractivity contribution in [2.45, 2.75) is 39.2 Å². The third-order valence-corrected chi connectivity index (χ3v) is 5.96. The van der Waals surface area contributed by atoms with Gasteiger partial charge in [-0.1, -0.05) is 12.1 Å². The van der Waals surface area contributed by atoms with Crippen LogP contribution in [0.1, 0.15) is 38.2 Å². The number of aromatic nitrogens is 2. The van der Waals surface area contributed by atoms with Gasteiger partial charge in [-0.3, -0.25) is 4.79 Å². The maximum Gasteiger partial charge on any atom is 0.223 e. The number of carbonyl (C=O) groups is 1. The van der Waals surface area contributed by atoms with Crippen molar-refractivity contribution in [2.24, 2.45) is 5.92 Å². The Kier molecular flexibility index (Phi) is 6.67. The predicted molar refractivity (Wildman–Crippen MR) is 118 cm³/mol. The van der Waals surface area contributed by atoms with Crippen molar-refractivity contribution in [2.75, 3.05) is 42.6 Å². The van der Waals surface area contributed by atoms with E-state index >= 15 is 0 Å². The van der Waals surface area contributed by atoms with Crippen molar-refractivity contribution in [3.63, 3.8) is 0 Å². The van der Waals surface area contributed by atoms with Gasteiger partial charge < -0.3 is 19.9 Å². The maximum absolute atomic E-state index is 12.7. The number of hydrogen-bond acceptors (Lipinski definition) is 6. The summed E-state index contributed by atoms with van der Waals surface area (Å²) in [5.74, 6) is 2.08. The Bertz CT molecular complexity index is 845. The minimum absolute atomic E-state index is 0.0520. The molecule has 2 fully saturated rings. The highest BCUT2D eigenvalue weighted by atomic mass is 16.5. The van der Waals surface area contributed by atoms with Crippen molar-refractivity contribution < 1.29 is 9.53 Å². The van der Waals surface area contributed by atoms with Gasteiger partial charge in [-0.15, -0.1) is 0 Å². The summed E-state index contributed by atoms with van der Waals surface area (Å²) in [7, 11) is 0. The van der Waals surface area contributed by atoms with Gasteiger partial charge in [-0.05, 0) is 50.3 Å². The van der Waals surface area contributed by atoms with E-state index < -0.39 is 0 Å². The first-order chi connectivity index (χ1) is 14.7. The van der Waals surface area contributed by atoms with E-state index in [-0.39, 0.29) is 11.8 Å². The maximum atomic E-state index is 12.7. The Morgan fingerprint density at radius 2 is 1.97 bits per heavy atom. The van der Waals surface area contributed by atoms with Gasteiger partial charge in [-0.2, -0.15) is 0 Å². The average molecular weight is 410 g/mol. The lowest BCUT2D eigenvalue weighted by Crippen LogP contribution is -2.41. The molecule has 1 N–H and O–H groups in total. The Hall–Kier alpha value is -2.83. The summed E-state index contributed by atoms with van der Waals surface area (Å²) in [5, 5.41) is 3.10. The molecule has 0 radical (unpaired) electrons. The first kappa shape index (κ1) is 20.4. The van der Waals surface area contributed by atoms with E-state index in [1.807, 2.05) is 37.4 Å². The van der Waals surface area contributed by atoms with E-state index in [0.29, 0.717) is 13.2 Å². The summed E-state index contributed by atoms with van der Waals surface area (Å²) in [6.07, 6.45) is 7.70. The van der Waals surface area contributed by atoms with E-state index in [1.54, 1.807) is 6.33 Å². The third kappa shape index (κ3) is 4.83. The molecule has 1 aromatic carbocycles. The van der Waals surface area contributed by atoms with E-state index in [1.165, 1.54) is 12.8 Å². The lowest BCUT2D eigenvalue weighted by atomic mass is 9.95. The van der Waals surface area contributed by atoms with Crippen molar-refractivity contribution in [1.82, 2.24) is 15.3 Å². The van der Waals surface area contributed by atoms with Gasteiger partial charge in [0.05, 0.1) is 18.5 Å². The van der Waals surface area contributed by atoms with E-state index in [9.17, 15) is 4.79 Å². The lowest BCUT2D eigenvalue weighted by molar-refractivity contribution is -0.125. The molecule has 0 spiro atoms. The second kappa shape index (κ2) is 9.78. The number of nitrogens with one attached hydrogen (secondary N) is 1. The zero-order valence-electron chi connectivity index (χ0n) is 17.7. The number of benzene rings is 1. The molecule has 7 nitrogen and oxygen atoms in total. The van der Waals surface area contributed by atoms with Crippen LogP contribution in [0.5, 0.6) is 5.75 Å². The van der Waals surface area contributed by atoms with Crippen LogP contribution in [0.2, 0.25) is 0 Å². The largest absolute Gasteiger partial charge is 0.494 e. The van der Waals surface area contributed by atoms with Crippen molar-refractivity contribution in [1.29, 1.82) is 0 Å². The highest BCUT2D eigenvalue weighted by Crippen LogP contribution is 2.31. The number of nitrogens with zero attached hydrogens (tertiary/aromatic N) is 4. The Morgan fingerprint density at radius 3 is 2.73 bits per heavy atom. The summed E-state index contributed by atoms with van der Waals surface area (Å²) in [6, 6.07) is 7.90. The highest BCUT2D eigenvalue weighted by molar-refractivity contribution is 5.79. The molecule has 4 rings (SSSR count). The summed E-state index contributed by atoms with van der Waals surface area (Å²) in [4.78, 5) is 26.2. The van der Waals surface area contributed by atoms with Gasteiger partial charge >= 0.3 is 0 Å². The van der Waals surface area contributed by atoms with Gasteiger partial charge in [0.25, 0.3) is 0 Å². The van der Waals surface area contributed by atoms with Crippen LogP contribution in [-0.2, 0) is 11.3 Å². The van der Waals surface area contributed by atoms with E-state index in [4.69, 9.17) is 4.74 Å².